The fourth-order valence-corrected chi connectivity index (χ4v) is 2.56. The van der Waals surface area contributed by atoms with Crippen molar-refractivity contribution in [3.8, 4) is 5.75 Å². The van der Waals surface area contributed by atoms with Gasteiger partial charge in [-0.25, -0.2) is 0 Å². The summed E-state index contributed by atoms with van der Waals surface area (Å²) in [4.78, 5) is 12.1. The van der Waals surface area contributed by atoms with Crippen molar-refractivity contribution in [2.45, 2.75) is 6.92 Å². The second-order valence-electron chi connectivity index (χ2n) is 5.30. The number of halogens is 1. The van der Waals surface area contributed by atoms with E-state index < -0.39 is 0 Å². The number of aryl methyl sites for hydroxylation is 1. The van der Waals surface area contributed by atoms with E-state index in [-0.39, 0.29) is 12.5 Å². The largest absolute Gasteiger partial charge is 0.482 e. The Balaban J connectivity index is 1.70. The van der Waals surface area contributed by atoms with Crippen LogP contribution in [-0.2, 0) is 4.79 Å². The molecule has 116 valence electrons. The van der Waals surface area contributed by atoms with Crippen LogP contribution in [0.3, 0.4) is 0 Å². The van der Waals surface area contributed by atoms with Gasteiger partial charge in [-0.2, -0.15) is 0 Å². The molecule has 1 N–H and O–H groups in total. The number of fused-ring (bicyclic) bond motifs is 1. The molecule has 0 spiro atoms. The molecule has 0 aliphatic carbocycles. The molecule has 0 heterocycles. The number of hydrogen-bond acceptors (Lipinski definition) is 2. The van der Waals surface area contributed by atoms with Crippen molar-refractivity contribution < 1.29 is 9.53 Å². The first-order valence-corrected chi connectivity index (χ1v) is 7.68. The first kappa shape index (κ1) is 15.4. The van der Waals surface area contributed by atoms with Gasteiger partial charge < -0.3 is 10.1 Å². The van der Waals surface area contributed by atoms with Gasteiger partial charge in [-0.1, -0.05) is 54.1 Å². The zero-order valence-corrected chi connectivity index (χ0v) is 13.4. The molecule has 23 heavy (non-hydrogen) atoms. The van der Waals surface area contributed by atoms with Crippen LogP contribution >= 0.6 is 11.6 Å². The van der Waals surface area contributed by atoms with E-state index in [1.54, 1.807) is 6.07 Å². The fourth-order valence-electron chi connectivity index (χ4n) is 2.39. The van der Waals surface area contributed by atoms with Gasteiger partial charge in [0.05, 0.1) is 5.02 Å². The van der Waals surface area contributed by atoms with Gasteiger partial charge in [0.15, 0.2) is 6.61 Å². The van der Waals surface area contributed by atoms with E-state index in [1.807, 2.05) is 61.5 Å². The zero-order chi connectivity index (χ0) is 16.2. The Labute approximate surface area is 139 Å². The third-order valence-corrected chi connectivity index (χ3v) is 3.82. The summed E-state index contributed by atoms with van der Waals surface area (Å²) < 4.78 is 5.52. The van der Waals surface area contributed by atoms with Crippen LogP contribution in [0.1, 0.15) is 5.56 Å². The number of amides is 1. The summed E-state index contributed by atoms with van der Waals surface area (Å²) in [6, 6.07) is 19.2. The molecule has 3 nitrogen and oxygen atoms in total. The van der Waals surface area contributed by atoms with Gasteiger partial charge >= 0.3 is 0 Å². The molecule has 0 radical (unpaired) electrons. The highest BCUT2D eigenvalue weighted by atomic mass is 35.5. The maximum atomic E-state index is 12.1. The lowest BCUT2D eigenvalue weighted by atomic mass is 10.1. The summed E-state index contributed by atoms with van der Waals surface area (Å²) in [6.45, 7) is 1.85. The number of carbonyl (C=O) groups is 1. The number of carbonyl (C=O) groups excluding carboxylic acids is 1. The first-order valence-electron chi connectivity index (χ1n) is 7.30. The number of anilines is 1. The smallest absolute Gasteiger partial charge is 0.262 e. The fraction of sp³-hybridized carbons (Fsp3) is 0.105. The molecule has 0 saturated carbocycles. The second kappa shape index (κ2) is 6.71. The Morgan fingerprint density at radius 3 is 2.74 bits per heavy atom. The van der Waals surface area contributed by atoms with Crippen LogP contribution in [0.5, 0.6) is 5.75 Å². The van der Waals surface area contributed by atoms with Crippen molar-refractivity contribution in [1.82, 2.24) is 0 Å². The second-order valence-corrected chi connectivity index (χ2v) is 5.70. The Morgan fingerprint density at radius 1 is 1.09 bits per heavy atom. The van der Waals surface area contributed by atoms with Crippen molar-refractivity contribution in [3.05, 3.63) is 71.2 Å². The van der Waals surface area contributed by atoms with Gasteiger partial charge in [0.25, 0.3) is 5.91 Å². The molecule has 4 heteroatoms. The number of benzene rings is 3. The van der Waals surface area contributed by atoms with Gasteiger partial charge in [-0.05, 0) is 36.1 Å². The summed E-state index contributed by atoms with van der Waals surface area (Å²) in [5, 5.41) is 5.45. The highest BCUT2D eigenvalue weighted by Crippen LogP contribution is 2.26. The highest BCUT2D eigenvalue weighted by molar-refractivity contribution is 6.32. The van der Waals surface area contributed by atoms with Crippen LogP contribution in [0.15, 0.2) is 60.7 Å². The summed E-state index contributed by atoms with van der Waals surface area (Å²) in [5.41, 5.74) is 1.80. The minimum absolute atomic E-state index is 0.0909. The number of rotatable bonds is 4. The number of hydrogen-bond donors (Lipinski definition) is 1. The van der Waals surface area contributed by atoms with Crippen LogP contribution in [0.4, 0.5) is 5.69 Å². The Morgan fingerprint density at radius 2 is 1.87 bits per heavy atom. The van der Waals surface area contributed by atoms with Crippen LogP contribution in [0, 0.1) is 6.92 Å². The molecule has 0 aliphatic rings. The van der Waals surface area contributed by atoms with Gasteiger partial charge in [0.1, 0.15) is 5.75 Å². The minimum Gasteiger partial charge on any atom is -0.482 e. The third-order valence-electron chi connectivity index (χ3n) is 3.51. The molecule has 3 aromatic rings. The maximum absolute atomic E-state index is 12.1. The Bertz CT molecular complexity index is 856. The molecule has 0 fully saturated rings. The summed E-state index contributed by atoms with van der Waals surface area (Å²) >= 11 is 6.06. The summed E-state index contributed by atoms with van der Waals surface area (Å²) in [5.74, 6) is 0.290. The Hall–Kier alpha value is -2.52. The van der Waals surface area contributed by atoms with Crippen molar-refractivity contribution in [2.24, 2.45) is 0 Å². The van der Waals surface area contributed by atoms with Crippen molar-refractivity contribution in [1.29, 1.82) is 0 Å². The first-order chi connectivity index (χ1) is 11.1. The normalized spacial score (nSPS) is 10.5. The lowest BCUT2D eigenvalue weighted by molar-refractivity contribution is -0.118. The van der Waals surface area contributed by atoms with E-state index in [0.717, 1.165) is 22.0 Å². The number of nitrogens with one attached hydrogen (secondary N) is 1. The molecule has 3 rings (SSSR count). The standard InChI is InChI=1S/C19H16ClNO2/c1-13-9-10-16(20)18(11-13)23-12-19(22)21-17-8-4-6-14-5-2-3-7-15(14)17/h2-11H,12H2,1H3,(H,21,22). The molecule has 0 bridgehead atoms. The highest BCUT2D eigenvalue weighted by Gasteiger charge is 2.08. The van der Waals surface area contributed by atoms with E-state index in [1.165, 1.54) is 0 Å². The van der Waals surface area contributed by atoms with E-state index in [0.29, 0.717) is 10.8 Å². The predicted molar refractivity (Wildman–Crippen MR) is 94.3 cm³/mol. The molecule has 3 aromatic carbocycles. The van der Waals surface area contributed by atoms with E-state index in [4.69, 9.17) is 16.3 Å². The molecular weight excluding hydrogens is 310 g/mol. The van der Waals surface area contributed by atoms with E-state index in [2.05, 4.69) is 5.32 Å². The van der Waals surface area contributed by atoms with Gasteiger partial charge in [-0.15, -0.1) is 0 Å². The maximum Gasteiger partial charge on any atom is 0.262 e. The molecule has 0 saturated heterocycles. The summed E-state index contributed by atoms with van der Waals surface area (Å²) in [7, 11) is 0. The zero-order valence-electron chi connectivity index (χ0n) is 12.7. The van der Waals surface area contributed by atoms with Gasteiger partial charge in [0, 0.05) is 11.1 Å². The average molecular weight is 326 g/mol. The molecule has 0 aromatic heterocycles. The lowest BCUT2D eigenvalue weighted by Crippen LogP contribution is -2.20. The van der Waals surface area contributed by atoms with Crippen LogP contribution in [-0.4, -0.2) is 12.5 Å². The molecule has 0 atom stereocenters. The molecule has 0 unspecified atom stereocenters. The van der Waals surface area contributed by atoms with E-state index in [9.17, 15) is 4.79 Å². The van der Waals surface area contributed by atoms with Crippen molar-refractivity contribution in [2.75, 3.05) is 11.9 Å². The summed E-state index contributed by atoms with van der Waals surface area (Å²) in [6.07, 6.45) is 0. The van der Waals surface area contributed by atoms with Crippen molar-refractivity contribution in [3.63, 3.8) is 0 Å². The number of ether oxygens (including phenoxy) is 1. The van der Waals surface area contributed by atoms with E-state index >= 15 is 0 Å². The monoisotopic (exact) mass is 325 g/mol. The lowest BCUT2D eigenvalue weighted by Gasteiger charge is -2.11. The average Bonchev–Trinajstić information content (AvgIpc) is 2.56. The molecule has 0 aliphatic heterocycles. The van der Waals surface area contributed by atoms with Gasteiger partial charge in [0.2, 0.25) is 0 Å². The van der Waals surface area contributed by atoms with Crippen LogP contribution in [0.25, 0.3) is 10.8 Å². The van der Waals surface area contributed by atoms with Crippen LogP contribution < -0.4 is 10.1 Å². The Kier molecular flexibility index (Phi) is 4.49. The topological polar surface area (TPSA) is 38.3 Å². The SMILES string of the molecule is Cc1ccc(Cl)c(OCC(=O)Nc2cccc3ccccc23)c1. The quantitative estimate of drug-likeness (QED) is 0.747. The van der Waals surface area contributed by atoms with Gasteiger partial charge in [-0.3, -0.25) is 4.79 Å². The molecule has 1 amide bonds. The van der Waals surface area contributed by atoms with Crippen molar-refractivity contribution >= 4 is 34.0 Å². The van der Waals surface area contributed by atoms with Crippen LogP contribution in [0.2, 0.25) is 5.02 Å². The minimum atomic E-state index is -0.223. The third kappa shape index (κ3) is 3.63. The molecular formula is C19H16ClNO2. The predicted octanol–water partition coefficient (Wildman–Crippen LogP) is 4.82.